The maximum Gasteiger partial charge on any atom is 0.119 e. The smallest absolute Gasteiger partial charge is 0.119 e. The molecule has 0 amide bonds. The van der Waals surface area contributed by atoms with Gasteiger partial charge in [0.15, 0.2) is 0 Å². The van der Waals surface area contributed by atoms with Crippen LogP contribution in [0.25, 0.3) is 0 Å². The van der Waals surface area contributed by atoms with Crippen molar-refractivity contribution in [2.75, 3.05) is 6.61 Å². The van der Waals surface area contributed by atoms with Gasteiger partial charge >= 0.3 is 0 Å². The molecule has 0 spiro atoms. The van der Waals surface area contributed by atoms with Crippen LogP contribution in [-0.2, 0) is 0 Å². The Morgan fingerprint density at radius 3 is 1.88 bits per heavy atom. The lowest BCUT2D eigenvalue weighted by atomic mass is 9.77. The predicted octanol–water partition coefficient (Wildman–Crippen LogP) is 6.91. The van der Waals surface area contributed by atoms with Gasteiger partial charge in [-0.25, -0.2) is 0 Å². The fourth-order valence-electron chi connectivity index (χ4n) is 4.54. The van der Waals surface area contributed by atoms with Crippen molar-refractivity contribution in [3.05, 3.63) is 54.6 Å². The highest BCUT2D eigenvalue weighted by Crippen LogP contribution is 2.37. The van der Waals surface area contributed by atoms with Crippen molar-refractivity contribution in [3.8, 4) is 5.75 Å². The SMILES string of the molecule is C=CC1CCC(/C=C/C2CCC(c3ccc(OCC)cc3)CC2)CC1. The lowest BCUT2D eigenvalue weighted by molar-refractivity contribution is 0.339. The number of benzene rings is 1. The Labute approximate surface area is 154 Å². The fraction of sp³-hybridized carbons (Fsp3) is 0.583. The maximum atomic E-state index is 5.55. The zero-order valence-corrected chi connectivity index (χ0v) is 15.8. The quantitative estimate of drug-likeness (QED) is 0.512. The number of rotatable bonds is 6. The molecule has 1 nitrogen and oxygen atoms in total. The Balaban J connectivity index is 1.44. The highest BCUT2D eigenvalue weighted by molar-refractivity contribution is 5.29. The summed E-state index contributed by atoms with van der Waals surface area (Å²) in [6.45, 7) is 6.73. The van der Waals surface area contributed by atoms with Gasteiger partial charge in [-0.05, 0) is 99.7 Å². The molecule has 1 aromatic rings. The van der Waals surface area contributed by atoms with Gasteiger partial charge < -0.3 is 4.74 Å². The van der Waals surface area contributed by atoms with Crippen LogP contribution in [0.3, 0.4) is 0 Å². The van der Waals surface area contributed by atoms with Crippen molar-refractivity contribution in [1.82, 2.24) is 0 Å². The van der Waals surface area contributed by atoms with Gasteiger partial charge in [-0.2, -0.15) is 0 Å². The van der Waals surface area contributed by atoms with Crippen molar-refractivity contribution in [3.63, 3.8) is 0 Å². The second kappa shape index (κ2) is 9.27. The molecule has 3 rings (SSSR count). The molecule has 0 unspecified atom stereocenters. The zero-order valence-electron chi connectivity index (χ0n) is 15.8. The minimum Gasteiger partial charge on any atom is -0.494 e. The van der Waals surface area contributed by atoms with E-state index in [0.29, 0.717) is 0 Å². The lowest BCUT2D eigenvalue weighted by Crippen LogP contribution is -2.13. The number of hydrogen-bond acceptors (Lipinski definition) is 1. The molecule has 2 aliphatic carbocycles. The van der Waals surface area contributed by atoms with E-state index in [1.54, 1.807) is 0 Å². The number of allylic oxidation sites excluding steroid dienone is 3. The van der Waals surface area contributed by atoms with E-state index < -0.39 is 0 Å². The molecule has 0 heterocycles. The highest BCUT2D eigenvalue weighted by Gasteiger charge is 2.22. The van der Waals surface area contributed by atoms with Crippen LogP contribution in [0.2, 0.25) is 0 Å². The Kier molecular flexibility index (Phi) is 6.78. The molecule has 0 radical (unpaired) electrons. The molecular weight excluding hydrogens is 304 g/mol. The van der Waals surface area contributed by atoms with Crippen LogP contribution < -0.4 is 4.74 Å². The molecule has 0 atom stereocenters. The number of ether oxygens (including phenoxy) is 1. The molecule has 25 heavy (non-hydrogen) atoms. The second-order valence-electron chi connectivity index (χ2n) is 7.91. The van der Waals surface area contributed by atoms with Crippen molar-refractivity contribution in [1.29, 1.82) is 0 Å². The standard InChI is InChI=1S/C24H34O/c1-3-19-5-7-20(8-6-19)9-10-21-11-13-22(14-12-21)23-15-17-24(18-16-23)25-4-2/h3,9-10,15-22H,1,4-8,11-14H2,2H3/b10-9+. The average Bonchev–Trinajstić information content (AvgIpc) is 2.68. The van der Waals surface area contributed by atoms with Crippen LogP contribution in [0.5, 0.6) is 5.75 Å². The number of hydrogen-bond donors (Lipinski definition) is 0. The molecule has 1 heteroatoms. The summed E-state index contributed by atoms with van der Waals surface area (Å²) in [7, 11) is 0. The molecule has 0 aromatic heterocycles. The van der Waals surface area contributed by atoms with Crippen LogP contribution >= 0.6 is 0 Å². The lowest BCUT2D eigenvalue weighted by Gasteiger charge is -2.28. The maximum absolute atomic E-state index is 5.55. The Hall–Kier alpha value is -1.50. The van der Waals surface area contributed by atoms with Gasteiger partial charge in [0.25, 0.3) is 0 Å². The molecule has 0 bridgehead atoms. The van der Waals surface area contributed by atoms with E-state index in [1.165, 1.54) is 56.9 Å². The summed E-state index contributed by atoms with van der Waals surface area (Å²) < 4.78 is 5.55. The van der Waals surface area contributed by atoms with E-state index >= 15 is 0 Å². The van der Waals surface area contributed by atoms with Crippen LogP contribution in [0, 0.1) is 17.8 Å². The third kappa shape index (κ3) is 5.23. The Morgan fingerprint density at radius 2 is 1.36 bits per heavy atom. The second-order valence-corrected chi connectivity index (χ2v) is 7.91. The first-order valence-electron chi connectivity index (χ1n) is 10.3. The topological polar surface area (TPSA) is 9.23 Å². The molecule has 2 fully saturated rings. The third-order valence-electron chi connectivity index (χ3n) is 6.24. The first-order chi connectivity index (χ1) is 12.3. The minimum absolute atomic E-state index is 0.739. The summed E-state index contributed by atoms with van der Waals surface area (Å²) in [5, 5.41) is 0. The van der Waals surface area contributed by atoms with Crippen LogP contribution in [0.1, 0.15) is 69.8 Å². The van der Waals surface area contributed by atoms with Crippen molar-refractivity contribution in [2.24, 2.45) is 17.8 Å². The minimum atomic E-state index is 0.739. The molecule has 0 N–H and O–H groups in total. The monoisotopic (exact) mass is 338 g/mol. The van der Waals surface area contributed by atoms with Gasteiger partial charge in [0.05, 0.1) is 6.61 Å². The summed E-state index contributed by atoms with van der Waals surface area (Å²) in [6, 6.07) is 8.79. The van der Waals surface area contributed by atoms with E-state index in [1.807, 2.05) is 6.92 Å². The van der Waals surface area contributed by atoms with E-state index in [9.17, 15) is 0 Å². The molecule has 0 aliphatic heterocycles. The molecule has 0 saturated heterocycles. The van der Waals surface area contributed by atoms with E-state index in [0.717, 1.165) is 36.0 Å². The van der Waals surface area contributed by atoms with Crippen molar-refractivity contribution >= 4 is 0 Å². The Morgan fingerprint density at radius 1 is 0.840 bits per heavy atom. The Bertz CT molecular complexity index is 540. The summed E-state index contributed by atoms with van der Waals surface area (Å²) in [5.74, 6) is 4.13. The zero-order chi connectivity index (χ0) is 17.5. The van der Waals surface area contributed by atoms with Crippen LogP contribution in [-0.4, -0.2) is 6.61 Å². The van der Waals surface area contributed by atoms with E-state index in [2.05, 4.69) is 49.1 Å². The van der Waals surface area contributed by atoms with Gasteiger partial charge in [0.1, 0.15) is 5.75 Å². The summed E-state index contributed by atoms with van der Waals surface area (Å²) in [6.07, 6.45) is 18.0. The predicted molar refractivity (Wildman–Crippen MR) is 107 cm³/mol. The first-order valence-corrected chi connectivity index (χ1v) is 10.3. The third-order valence-corrected chi connectivity index (χ3v) is 6.24. The summed E-state index contributed by atoms with van der Waals surface area (Å²) >= 11 is 0. The molecular formula is C24H34O. The van der Waals surface area contributed by atoms with Crippen LogP contribution in [0.4, 0.5) is 0 Å². The van der Waals surface area contributed by atoms with Crippen molar-refractivity contribution < 1.29 is 4.74 Å². The van der Waals surface area contributed by atoms with Gasteiger partial charge in [-0.15, -0.1) is 6.58 Å². The molecule has 2 aliphatic rings. The molecule has 2 saturated carbocycles. The highest BCUT2D eigenvalue weighted by atomic mass is 16.5. The summed E-state index contributed by atoms with van der Waals surface area (Å²) in [5.41, 5.74) is 1.49. The largest absolute Gasteiger partial charge is 0.494 e. The van der Waals surface area contributed by atoms with Gasteiger partial charge in [-0.3, -0.25) is 0 Å². The van der Waals surface area contributed by atoms with Gasteiger partial charge in [0.2, 0.25) is 0 Å². The molecule has 136 valence electrons. The normalized spacial score (nSPS) is 30.3. The fourth-order valence-corrected chi connectivity index (χ4v) is 4.54. The van der Waals surface area contributed by atoms with Gasteiger partial charge in [-0.1, -0.05) is 30.4 Å². The van der Waals surface area contributed by atoms with E-state index in [-0.39, 0.29) is 0 Å². The van der Waals surface area contributed by atoms with Gasteiger partial charge in [0, 0.05) is 0 Å². The summed E-state index contributed by atoms with van der Waals surface area (Å²) in [4.78, 5) is 0. The van der Waals surface area contributed by atoms with Crippen LogP contribution in [0.15, 0.2) is 49.1 Å². The van der Waals surface area contributed by atoms with Crippen molar-refractivity contribution in [2.45, 2.75) is 64.2 Å². The first kappa shape index (κ1) is 18.3. The van der Waals surface area contributed by atoms with E-state index in [4.69, 9.17) is 4.74 Å². The molecule has 1 aromatic carbocycles. The average molecular weight is 339 g/mol.